The van der Waals surface area contributed by atoms with Gasteiger partial charge in [0.15, 0.2) is 23.1 Å². The molecule has 0 N–H and O–H groups in total. The molecule has 0 bridgehead atoms. The lowest BCUT2D eigenvalue weighted by molar-refractivity contribution is -0.179. The standard InChI is InChI=1S/C31H35ClN4O6S2/c1-17(37)25-21(13-12-19-8-10-20(15-32)11-9-19)16-43-28-22(27(39)36(25)28)14-23(38)24(26-33-18(2)44-35-26)34-42-31(6,7)29(40)41-30(3,4)5/h8-13,22,28H,14-16H2,1-7H3/b13-12?,34-24+/t22-,28-/m1/s1. The summed E-state index contributed by atoms with van der Waals surface area (Å²) in [4.78, 5) is 63.7. The number of carbonyl (C=O) groups is 4. The highest BCUT2D eigenvalue weighted by atomic mass is 35.5. The largest absolute Gasteiger partial charge is 0.457 e. The van der Waals surface area contributed by atoms with Gasteiger partial charge in [0.1, 0.15) is 10.6 Å². The first-order valence-corrected chi connectivity index (χ1v) is 16.3. The molecular weight excluding hydrogens is 624 g/mol. The van der Waals surface area contributed by atoms with Crippen LogP contribution in [0.5, 0.6) is 0 Å². The van der Waals surface area contributed by atoms with E-state index in [0.29, 0.717) is 22.3 Å². The quantitative estimate of drug-likeness (QED) is 0.101. The Bertz CT molecular complexity index is 1560. The van der Waals surface area contributed by atoms with Gasteiger partial charge in [-0.2, -0.15) is 4.37 Å². The fourth-order valence-corrected chi connectivity index (χ4v) is 6.52. The van der Waals surface area contributed by atoms with Gasteiger partial charge in [-0.1, -0.05) is 41.6 Å². The Morgan fingerprint density at radius 3 is 2.39 bits per heavy atom. The Kier molecular flexibility index (Phi) is 10.2. The van der Waals surface area contributed by atoms with Gasteiger partial charge in [-0.05, 0) is 69.8 Å². The number of ketones is 2. The highest BCUT2D eigenvalue weighted by Crippen LogP contribution is 2.45. The second-order valence-corrected chi connectivity index (χ2v) is 14.3. The van der Waals surface area contributed by atoms with E-state index in [4.69, 9.17) is 21.2 Å². The molecule has 1 aromatic heterocycles. The molecule has 1 fully saturated rings. The number of halogens is 1. The molecule has 1 aromatic carbocycles. The van der Waals surface area contributed by atoms with Crippen molar-refractivity contribution in [1.29, 1.82) is 0 Å². The lowest BCUT2D eigenvalue weighted by Gasteiger charge is -2.49. The molecule has 44 heavy (non-hydrogen) atoms. The summed E-state index contributed by atoms with van der Waals surface area (Å²) in [7, 11) is 0. The normalized spacial score (nSPS) is 19.1. The van der Waals surface area contributed by atoms with Crippen molar-refractivity contribution in [3.8, 4) is 0 Å². The highest BCUT2D eigenvalue weighted by Gasteiger charge is 2.53. The average Bonchev–Trinajstić information content (AvgIpc) is 3.39. The number of thioether (sulfide) groups is 1. The molecule has 0 saturated carbocycles. The predicted molar refractivity (Wildman–Crippen MR) is 171 cm³/mol. The van der Waals surface area contributed by atoms with Crippen LogP contribution in [0.25, 0.3) is 6.08 Å². The van der Waals surface area contributed by atoms with Crippen molar-refractivity contribution in [2.75, 3.05) is 5.75 Å². The lowest BCUT2D eigenvalue weighted by Crippen LogP contribution is -2.61. The number of nitrogens with zero attached hydrogens (tertiary/aromatic N) is 4. The summed E-state index contributed by atoms with van der Waals surface area (Å²) in [6.07, 6.45) is 3.56. The molecule has 0 unspecified atom stereocenters. The molecule has 4 rings (SSSR count). The molecule has 2 aliphatic rings. The summed E-state index contributed by atoms with van der Waals surface area (Å²) >= 11 is 8.45. The van der Waals surface area contributed by atoms with Crippen LogP contribution >= 0.6 is 34.9 Å². The number of benzene rings is 1. The van der Waals surface area contributed by atoms with Crippen LogP contribution in [0.1, 0.15) is 69.9 Å². The summed E-state index contributed by atoms with van der Waals surface area (Å²) in [5.74, 6) is -1.44. The number of fused-ring (bicyclic) bond motifs is 1. The lowest BCUT2D eigenvalue weighted by atomic mass is 9.88. The third-order valence-corrected chi connectivity index (χ3v) is 9.00. The van der Waals surface area contributed by atoms with Crippen molar-refractivity contribution in [1.82, 2.24) is 14.3 Å². The van der Waals surface area contributed by atoms with Crippen LogP contribution in [0.15, 0.2) is 46.8 Å². The third kappa shape index (κ3) is 7.65. The molecule has 2 atom stereocenters. The molecule has 234 valence electrons. The first kappa shape index (κ1) is 33.5. The summed E-state index contributed by atoms with van der Waals surface area (Å²) < 4.78 is 9.63. The number of oxime groups is 1. The molecule has 0 radical (unpaired) electrons. The summed E-state index contributed by atoms with van der Waals surface area (Å²) in [5, 5.41) is 4.24. The number of Topliss-reactive ketones (excluding diaryl/α,β-unsaturated/α-hetero) is 2. The molecular formula is C31H35ClN4O6S2. The number of hydrogen-bond donors (Lipinski definition) is 0. The first-order chi connectivity index (χ1) is 20.6. The number of ether oxygens (including phenoxy) is 1. The van der Waals surface area contributed by atoms with E-state index in [0.717, 1.165) is 28.2 Å². The number of aromatic nitrogens is 2. The van der Waals surface area contributed by atoms with Crippen LogP contribution in [0.3, 0.4) is 0 Å². The van der Waals surface area contributed by atoms with Gasteiger partial charge in [0, 0.05) is 25.0 Å². The van der Waals surface area contributed by atoms with Crippen molar-refractivity contribution >= 4 is 70.1 Å². The van der Waals surface area contributed by atoms with Gasteiger partial charge < -0.3 is 9.57 Å². The monoisotopic (exact) mass is 658 g/mol. The minimum Gasteiger partial charge on any atom is -0.457 e. The molecule has 10 nitrogen and oxygen atoms in total. The van der Waals surface area contributed by atoms with Crippen LogP contribution in [0.2, 0.25) is 0 Å². The molecule has 1 amide bonds. The molecule has 0 spiro atoms. The maximum atomic E-state index is 13.6. The molecule has 13 heteroatoms. The zero-order valence-corrected chi connectivity index (χ0v) is 28.1. The minimum absolute atomic E-state index is 0.0493. The topological polar surface area (TPSA) is 128 Å². The number of esters is 1. The minimum atomic E-state index is -1.51. The van der Waals surface area contributed by atoms with E-state index < -0.39 is 34.2 Å². The molecule has 1 saturated heterocycles. The second kappa shape index (κ2) is 13.3. The fraction of sp³-hybridized carbons (Fsp3) is 0.452. The SMILES string of the molecule is CC(=O)C1=C(C=Cc2ccc(CCl)cc2)CS[C@@H]2[C@H](CC(=O)/C(=N\OC(C)(C)C(=O)OC(C)(C)C)c3nsc(C)n3)C(=O)N12. The molecule has 2 aliphatic heterocycles. The number of alkyl halides is 1. The second-order valence-electron chi connectivity index (χ2n) is 12.0. The van der Waals surface area contributed by atoms with Crippen LogP contribution in [-0.4, -0.2) is 65.7 Å². The zero-order chi connectivity index (χ0) is 32.4. The highest BCUT2D eigenvalue weighted by molar-refractivity contribution is 8.00. The number of β-lactam (4-membered cyclic amide) rings is 1. The number of aryl methyl sites for hydroxylation is 1. The van der Waals surface area contributed by atoms with Crippen LogP contribution in [0, 0.1) is 12.8 Å². The number of rotatable bonds is 11. The number of amides is 1. The van der Waals surface area contributed by atoms with Crippen LogP contribution in [0.4, 0.5) is 0 Å². The van der Waals surface area contributed by atoms with E-state index >= 15 is 0 Å². The predicted octanol–water partition coefficient (Wildman–Crippen LogP) is 5.47. The first-order valence-electron chi connectivity index (χ1n) is 14.0. The van der Waals surface area contributed by atoms with Gasteiger partial charge in [0.25, 0.3) is 0 Å². The van der Waals surface area contributed by atoms with E-state index in [1.165, 1.54) is 37.4 Å². The van der Waals surface area contributed by atoms with Crippen molar-refractivity contribution in [2.45, 2.75) is 77.3 Å². The van der Waals surface area contributed by atoms with Gasteiger partial charge in [-0.25, -0.2) is 9.78 Å². The Balaban J connectivity index is 1.53. The molecule has 2 aromatic rings. The molecule has 3 heterocycles. The van der Waals surface area contributed by atoms with Crippen LogP contribution in [-0.2, 0) is 34.6 Å². The maximum absolute atomic E-state index is 13.6. The zero-order valence-electron chi connectivity index (χ0n) is 25.7. The number of allylic oxidation sites excluding steroid dienone is 2. The smallest absolute Gasteiger partial charge is 0.353 e. The van der Waals surface area contributed by atoms with Gasteiger partial charge in [0.2, 0.25) is 11.5 Å². The third-order valence-electron chi connectivity index (χ3n) is 6.72. The van der Waals surface area contributed by atoms with Crippen molar-refractivity contribution in [3.05, 3.63) is 63.6 Å². The van der Waals surface area contributed by atoms with Gasteiger partial charge in [-0.15, -0.1) is 23.4 Å². The summed E-state index contributed by atoms with van der Waals surface area (Å²) in [6, 6.07) is 7.74. The average molecular weight is 659 g/mol. The van der Waals surface area contributed by atoms with E-state index in [1.54, 1.807) is 27.7 Å². The van der Waals surface area contributed by atoms with E-state index in [9.17, 15) is 19.2 Å². The van der Waals surface area contributed by atoms with Crippen molar-refractivity contribution in [2.24, 2.45) is 11.1 Å². The van der Waals surface area contributed by atoms with Gasteiger partial charge in [-0.3, -0.25) is 19.3 Å². The van der Waals surface area contributed by atoms with Crippen LogP contribution < -0.4 is 0 Å². The number of carbonyl (C=O) groups excluding carboxylic acids is 4. The van der Waals surface area contributed by atoms with Gasteiger partial charge >= 0.3 is 5.97 Å². The van der Waals surface area contributed by atoms with Crippen molar-refractivity contribution < 1.29 is 28.8 Å². The fourth-order valence-electron chi connectivity index (χ4n) is 4.48. The van der Waals surface area contributed by atoms with Gasteiger partial charge in [0.05, 0.1) is 17.0 Å². The Morgan fingerprint density at radius 2 is 1.82 bits per heavy atom. The maximum Gasteiger partial charge on any atom is 0.353 e. The van der Waals surface area contributed by atoms with Crippen molar-refractivity contribution in [3.63, 3.8) is 0 Å². The Hall–Kier alpha value is -3.35. The Labute approximate surface area is 270 Å². The van der Waals surface area contributed by atoms with E-state index in [2.05, 4.69) is 14.5 Å². The Morgan fingerprint density at radius 1 is 1.14 bits per heavy atom. The summed E-state index contributed by atoms with van der Waals surface area (Å²) in [5.41, 5.74) is 0.565. The van der Waals surface area contributed by atoms with E-state index in [-0.39, 0.29) is 29.6 Å². The number of hydrogen-bond acceptors (Lipinski definition) is 11. The van der Waals surface area contributed by atoms with E-state index in [1.807, 2.05) is 36.4 Å². The summed E-state index contributed by atoms with van der Waals surface area (Å²) in [6.45, 7) is 11.3. The molecule has 0 aliphatic carbocycles.